The molecule has 1 N–H and O–H groups in total. The summed E-state index contributed by atoms with van der Waals surface area (Å²) in [5, 5.41) is 12.1. The average Bonchev–Trinajstić information content (AvgIpc) is 2.04. The standard InChI is InChI=1S/C8H13NO2/c1-2-6-3-4-7(10)5-8(6)9-11/h5-6,8,10H,2-4H2,1H3. The highest BCUT2D eigenvalue weighted by Gasteiger charge is 2.23. The minimum absolute atomic E-state index is 0.297. The molecule has 1 aliphatic rings. The second-order valence-corrected chi connectivity index (χ2v) is 2.96. The van der Waals surface area contributed by atoms with Gasteiger partial charge in [0.2, 0.25) is 0 Å². The molecule has 0 heterocycles. The number of nitroso groups, excluding NO2 is 1. The summed E-state index contributed by atoms with van der Waals surface area (Å²) in [4.78, 5) is 10.3. The van der Waals surface area contributed by atoms with E-state index in [9.17, 15) is 4.91 Å². The predicted octanol–water partition coefficient (Wildman–Crippen LogP) is 2.38. The number of hydrogen-bond acceptors (Lipinski definition) is 3. The van der Waals surface area contributed by atoms with Gasteiger partial charge in [-0.2, -0.15) is 4.91 Å². The number of allylic oxidation sites excluding steroid dienone is 1. The number of rotatable bonds is 2. The molecule has 0 aromatic rings. The lowest BCUT2D eigenvalue weighted by atomic mass is 9.87. The van der Waals surface area contributed by atoms with Crippen LogP contribution in [0.4, 0.5) is 0 Å². The molecular formula is C8H13NO2. The molecule has 11 heavy (non-hydrogen) atoms. The van der Waals surface area contributed by atoms with Gasteiger partial charge in [-0.15, -0.1) is 0 Å². The third-order valence-electron chi connectivity index (χ3n) is 2.26. The molecule has 2 atom stereocenters. The molecule has 3 heteroatoms. The van der Waals surface area contributed by atoms with Crippen LogP contribution < -0.4 is 0 Å². The maximum atomic E-state index is 10.3. The Balaban J connectivity index is 2.66. The normalized spacial score (nSPS) is 31.2. The van der Waals surface area contributed by atoms with Crippen molar-refractivity contribution in [2.75, 3.05) is 0 Å². The zero-order valence-electron chi connectivity index (χ0n) is 6.66. The summed E-state index contributed by atoms with van der Waals surface area (Å²) in [6, 6.07) is -0.297. The van der Waals surface area contributed by atoms with E-state index in [4.69, 9.17) is 5.11 Å². The fourth-order valence-corrected chi connectivity index (χ4v) is 1.48. The van der Waals surface area contributed by atoms with Gasteiger partial charge in [0.25, 0.3) is 0 Å². The molecule has 0 fully saturated rings. The van der Waals surface area contributed by atoms with E-state index in [0.717, 1.165) is 12.8 Å². The van der Waals surface area contributed by atoms with Gasteiger partial charge in [-0.1, -0.05) is 18.5 Å². The Morgan fingerprint density at radius 2 is 2.55 bits per heavy atom. The van der Waals surface area contributed by atoms with Gasteiger partial charge in [-0.3, -0.25) is 0 Å². The second kappa shape index (κ2) is 3.51. The molecule has 0 spiro atoms. The van der Waals surface area contributed by atoms with Crippen molar-refractivity contribution in [2.24, 2.45) is 11.1 Å². The summed E-state index contributed by atoms with van der Waals surface area (Å²) in [5.74, 6) is 0.655. The van der Waals surface area contributed by atoms with Gasteiger partial charge in [0.1, 0.15) is 6.04 Å². The summed E-state index contributed by atoms with van der Waals surface area (Å²) >= 11 is 0. The first-order valence-corrected chi connectivity index (χ1v) is 4.00. The van der Waals surface area contributed by atoms with E-state index in [1.807, 2.05) is 6.92 Å². The van der Waals surface area contributed by atoms with Gasteiger partial charge < -0.3 is 5.11 Å². The Morgan fingerprint density at radius 1 is 1.82 bits per heavy atom. The third-order valence-corrected chi connectivity index (χ3v) is 2.26. The maximum absolute atomic E-state index is 10.3. The quantitative estimate of drug-likeness (QED) is 0.622. The molecule has 0 amide bonds. The summed E-state index contributed by atoms with van der Waals surface area (Å²) in [7, 11) is 0. The van der Waals surface area contributed by atoms with Gasteiger partial charge in [-0.05, 0) is 18.4 Å². The van der Waals surface area contributed by atoms with Crippen LogP contribution in [0.25, 0.3) is 0 Å². The SMILES string of the molecule is CCC1CCC(O)=CC1N=O. The molecule has 1 aliphatic carbocycles. The predicted molar refractivity (Wildman–Crippen MR) is 43.3 cm³/mol. The van der Waals surface area contributed by atoms with Gasteiger partial charge >= 0.3 is 0 Å². The highest BCUT2D eigenvalue weighted by Crippen LogP contribution is 2.26. The van der Waals surface area contributed by atoms with E-state index in [2.05, 4.69) is 5.18 Å². The monoisotopic (exact) mass is 155 g/mol. The van der Waals surface area contributed by atoms with Crippen molar-refractivity contribution >= 4 is 0 Å². The summed E-state index contributed by atoms with van der Waals surface area (Å²) in [6.07, 6.45) is 4.12. The lowest BCUT2D eigenvalue weighted by Gasteiger charge is -2.21. The van der Waals surface area contributed by atoms with Crippen molar-refractivity contribution in [1.82, 2.24) is 0 Å². The van der Waals surface area contributed by atoms with Gasteiger partial charge in [0, 0.05) is 6.42 Å². The molecule has 1 rings (SSSR count). The van der Waals surface area contributed by atoms with Crippen molar-refractivity contribution in [1.29, 1.82) is 0 Å². The molecule has 0 saturated heterocycles. The van der Waals surface area contributed by atoms with Crippen LogP contribution >= 0.6 is 0 Å². The molecule has 2 unspecified atom stereocenters. The van der Waals surface area contributed by atoms with E-state index < -0.39 is 0 Å². The number of nitrogens with zero attached hydrogens (tertiary/aromatic N) is 1. The van der Waals surface area contributed by atoms with E-state index in [1.165, 1.54) is 0 Å². The summed E-state index contributed by atoms with van der Waals surface area (Å²) < 4.78 is 0. The van der Waals surface area contributed by atoms with Crippen LogP contribution in [0.5, 0.6) is 0 Å². The van der Waals surface area contributed by atoms with Crippen molar-refractivity contribution in [3.05, 3.63) is 16.7 Å². The lowest BCUT2D eigenvalue weighted by Crippen LogP contribution is -2.20. The first-order chi connectivity index (χ1) is 5.27. The molecule has 62 valence electrons. The van der Waals surface area contributed by atoms with Crippen molar-refractivity contribution in [2.45, 2.75) is 32.2 Å². The first kappa shape index (κ1) is 8.24. The van der Waals surface area contributed by atoms with Crippen LogP contribution in [0.1, 0.15) is 26.2 Å². The maximum Gasteiger partial charge on any atom is 0.116 e. The van der Waals surface area contributed by atoms with Crippen molar-refractivity contribution < 1.29 is 5.11 Å². The Kier molecular flexibility index (Phi) is 2.63. The molecule has 0 saturated carbocycles. The summed E-state index contributed by atoms with van der Waals surface area (Å²) in [5.41, 5.74) is 0. The van der Waals surface area contributed by atoms with Gasteiger partial charge in [0.15, 0.2) is 0 Å². The largest absolute Gasteiger partial charge is 0.513 e. The Labute approximate surface area is 66.1 Å². The first-order valence-electron chi connectivity index (χ1n) is 4.00. The van der Waals surface area contributed by atoms with Gasteiger partial charge in [0.05, 0.1) is 5.76 Å². The zero-order valence-corrected chi connectivity index (χ0v) is 6.66. The fourth-order valence-electron chi connectivity index (χ4n) is 1.48. The topological polar surface area (TPSA) is 49.7 Å². The molecule has 0 aromatic carbocycles. The van der Waals surface area contributed by atoms with E-state index in [1.54, 1.807) is 6.08 Å². The van der Waals surface area contributed by atoms with Crippen LogP contribution in [0.15, 0.2) is 17.0 Å². The Morgan fingerprint density at radius 3 is 3.09 bits per heavy atom. The zero-order chi connectivity index (χ0) is 8.27. The fraction of sp³-hybridized carbons (Fsp3) is 0.750. The highest BCUT2D eigenvalue weighted by atomic mass is 16.3. The van der Waals surface area contributed by atoms with Crippen LogP contribution in [0.3, 0.4) is 0 Å². The van der Waals surface area contributed by atoms with Gasteiger partial charge in [-0.25, -0.2) is 0 Å². The molecular weight excluding hydrogens is 142 g/mol. The molecule has 3 nitrogen and oxygen atoms in total. The molecule has 0 aliphatic heterocycles. The number of hydrogen-bond donors (Lipinski definition) is 1. The highest BCUT2D eigenvalue weighted by molar-refractivity contribution is 5.06. The van der Waals surface area contributed by atoms with Crippen molar-refractivity contribution in [3.8, 4) is 0 Å². The minimum atomic E-state index is -0.297. The van der Waals surface area contributed by atoms with E-state index in [-0.39, 0.29) is 6.04 Å². The minimum Gasteiger partial charge on any atom is -0.513 e. The number of aliphatic hydroxyl groups excluding tert-OH is 1. The van der Waals surface area contributed by atoms with Crippen LogP contribution in [0.2, 0.25) is 0 Å². The van der Waals surface area contributed by atoms with Crippen LogP contribution in [0, 0.1) is 10.8 Å². The lowest BCUT2D eigenvalue weighted by molar-refractivity contribution is 0.314. The number of aliphatic hydroxyl groups is 1. The van der Waals surface area contributed by atoms with Crippen LogP contribution in [-0.4, -0.2) is 11.1 Å². The third kappa shape index (κ3) is 1.79. The molecule has 0 bridgehead atoms. The second-order valence-electron chi connectivity index (χ2n) is 2.96. The Bertz CT molecular complexity index is 177. The molecule has 0 aromatic heterocycles. The summed E-state index contributed by atoms with van der Waals surface area (Å²) in [6.45, 7) is 2.04. The van der Waals surface area contributed by atoms with E-state index in [0.29, 0.717) is 18.1 Å². The molecule has 0 radical (unpaired) electrons. The van der Waals surface area contributed by atoms with Crippen LogP contribution in [-0.2, 0) is 0 Å². The smallest absolute Gasteiger partial charge is 0.116 e. The Hall–Kier alpha value is -0.860. The average molecular weight is 155 g/mol. The van der Waals surface area contributed by atoms with E-state index >= 15 is 0 Å². The van der Waals surface area contributed by atoms with Crippen molar-refractivity contribution in [3.63, 3.8) is 0 Å².